The number of aromatic nitrogens is 2. The van der Waals surface area contributed by atoms with Gasteiger partial charge in [0.15, 0.2) is 11.5 Å². The highest BCUT2D eigenvalue weighted by Gasteiger charge is 2.58. The number of amides is 1. The maximum Gasteiger partial charge on any atom is 0.413 e. The van der Waals surface area contributed by atoms with Crippen molar-refractivity contribution in [1.29, 1.82) is 0 Å². The van der Waals surface area contributed by atoms with Crippen molar-refractivity contribution >= 4 is 29.5 Å². The number of rotatable bonds is 5. The van der Waals surface area contributed by atoms with Crippen LogP contribution < -0.4 is 5.32 Å². The Morgan fingerprint density at radius 3 is 2.56 bits per heavy atom. The molecule has 1 saturated carbocycles. The zero-order chi connectivity index (χ0) is 19.8. The van der Waals surface area contributed by atoms with Crippen LogP contribution in [0.2, 0.25) is 5.28 Å². The van der Waals surface area contributed by atoms with Gasteiger partial charge < -0.3 is 9.84 Å². The van der Waals surface area contributed by atoms with E-state index >= 15 is 0 Å². The highest BCUT2D eigenvalue weighted by molar-refractivity contribution is 6.29. The van der Waals surface area contributed by atoms with E-state index in [-0.39, 0.29) is 13.0 Å². The van der Waals surface area contributed by atoms with Gasteiger partial charge in [0.25, 0.3) is 0 Å². The first-order valence-corrected chi connectivity index (χ1v) is 8.11. The fourth-order valence-corrected chi connectivity index (χ4v) is 2.95. The average Bonchev–Trinajstić information content (AvgIpc) is 3.33. The molecule has 0 radical (unpaired) electrons. The van der Waals surface area contributed by atoms with Gasteiger partial charge >= 0.3 is 18.2 Å². The van der Waals surface area contributed by atoms with Crippen molar-refractivity contribution in [1.82, 2.24) is 9.55 Å². The number of alkyl halides is 3. The van der Waals surface area contributed by atoms with Crippen molar-refractivity contribution in [2.45, 2.75) is 25.2 Å². The molecule has 0 unspecified atom stereocenters. The van der Waals surface area contributed by atoms with Crippen LogP contribution >= 0.6 is 11.6 Å². The summed E-state index contributed by atoms with van der Waals surface area (Å²) >= 11 is 5.83. The summed E-state index contributed by atoms with van der Waals surface area (Å²) in [5.41, 5.74) is 0.0152. The van der Waals surface area contributed by atoms with Crippen LogP contribution in [0, 0.1) is 5.92 Å². The number of carbonyl (C=O) groups excluding carboxylic acids is 1. The number of nitrogens with zero attached hydrogens (tertiary/aromatic N) is 2. The van der Waals surface area contributed by atoms with E-state index in [1.54, 1.807) is 30.3 Å². The van der Waals surface area contributed by atoms with Crippen LogP contribution in [0.4, 0.5) is 23.8 Å². The van der Waals surface area contributed by atoms with Gasteiger partial charge in [0.1, 0.15) is 6.61 Å². The van der Waals surface area contributed by atoms with Crippen LogP contribution in [-0.4, -0.2) is 32.9 Å². The van der Waals surface area contributed by atoms with Gasteiger partial charge in [-0.15, -0.1) is 0 Å². The maximum absolute atomic E-state index is 12.9. The minimum absolute atomic E-state index is 0.106. The molecule has 1 aliphatic rings. The molecule has 2 atom stereocenters. The molecule has 27 heavy (non-hydrogen) atoms. The lowest BCUT2D eigenvalue weighted by atomic mass is 10.2. The van der Waals surface area contributed by atoms with E-state index in [1.165, 1.54) is 0 Å². The molecule has 0 bridgehead atoms. The summed E-state index contributed by atoms with van der Waals surface area (Å²) in [5.74, 6) is -3.67. The predicted octanol–water partition coefficient (Wildman–Crippen LogP) is 4.11. The SMILES string of the molecule is O=C(Nc1c(C(=O)O)nc(Cl)n1[C@@H]1C[C@H]1C(F)(F)F)OCc1ccccc1. The molecule has 1 aliphatic carbocycles. The number of benzene rings is 1. The van der Waals surface area contributed by atoms with E-state index < -0.39 is 47.0 Å². The maximum atomic E-state index is 12.9. The molecule has 0 aliphatic heterocycles. The van der Waals surface area contributed by atoms with E-state index in [9.17, 15) is 27.9 Å². The summed E-state index contributed by atoms with van der Waals surface area (Å²) in [6, 6.07) is 7.51. The number of ether oxygens (including phenoxy) is 1. The van der Waals surface area contributed by atoms with Gasteiger partial charge in [-0.25, -0.2) is 14.6 Å². The lowest BCUT2D eigenvalue weighted by molar-refractivity contribution is -0.150. The molecule has 0 saturated heterocycles. The minimum Gasteiger partial charge on any atom is -0.476 e. The third kappa shape index (κ3) is 4.16. The molecule has 1 aromatic carbocycles. The third-order valence-electron chi connectivity index (χ3n) is 4.01. The molecule has 1 aromatic heterocycles. The summed E-state index contributed by atoms with van der Waals surface area (Å²) in [6.45, 7) is -0.106. The molecular formula is C16H13ClF3N3O4. The molecule has 3 rings (SSSR count). The Bertz CT molecular complexity index is 870. The van der Waals surface area contributed by atoms with Crippen molar-refractivity contribution in [2.24, 2.45) is 5.92 Å². The smallest absolute Gasteiger partial charge is 0.413 e. The number of carbonyl (C=O) groups is 2. The largest absolute Gasteiger partial charge is 0.476 e. The minimum atomic E-state index is -4.47. The summed E-state index contributed by atoms with van der Waals surface area (Å²) in [5, 5.41) is 10.9. The molecule has 2 N–H and O–H groups in total. The fourth-order valence-electron chi connectivity index (χ4n) is 2.65. The van der Waals surface area contributed by atoms with Crippen molar-refractivity contribution in [3.8, 4) is 0 Å². The Morgan fingerprint density at radius 1 is 1.33 bits per heavy atom. The van der Waals surface area contributed by atoms with Crippen molar-refractivity contribution in [3.05, 3.63) is 46.9 Å². The van der Waals surface area contributed by atoms with Crippen LogP contribution in [0.25, 0.3) is 0 Å². The first kappa shape index (κ1) is 19.0. The summed E-state index contributed by atoms with van der Waals surface area (Å²) in [6.07, 6.45) is -5.79. The molecule has 1 amide bonds. The second-order valence-electron chi connectivity index (χ2n) is 5.89. The molecule has 2 aromatic rings. The second kappa shape index (κ2) is 7.10. The van der Waals surface area contributed by atoms with E-state index in [1.807, 2.05) is 0 Å². The number of imidazole rings is 1. The van der Waals surface area contributed by atoms with Gasteiger partial charge in [-0.1, -0.05) is 30.3 Å². The number of carboxylic acids is 1. The number of aromatic carboxylic acids is 1. The molecule has 1 fully saturated rings. The molecule has 0 spiro atoms. The summed E-state index contributed by atoms with van der Waals surface area (Å²) in [7, 11) is 0. The van der Waals surface area contributed by atoms with Crippen LogP contribution in [0.1, 0.15) is 28.5 Å². The predicted molar refractivity (Wildman–Crippen MR) is 87.6 cm³/mol. The quantitative estimate of drug-likeness (QED) is 0.783. The van der Waals surface area contributed by atoms with Crippen LogP contribution in [0.15, 0.2) is 30.3 Å². The first-order chi connectivity index (χ1) is 12.7. The van der Waals surface area contributed by atoms with Gasteiger partial charge in [-0.3, -0.25) is 9.88 Å². The van der Waals surface area contributed by atoms with Gasteiger partial charge in [0, 0.05) is 0 Å². The monoisotopic (exact) mass is 403 g/mol. The zero-order valence-electron chi connectivity index (χ0n) is 13.5. The van der Waals surface area contributed by atoms with E-state index in [2.05, 4.69) is 10.3 Å². The van der Waals surface area contributed by atoms with Crippen molar-refractivity contribution < 1.29 is 32.6 Å². The normalized spacial score (nSPS) is 18.8. The Morgan fingerprint density at radius 2 is 2.00 bits per heavy atom. The summed E-state index contributed by atoms with van der Waals surface area (Å²) < 4.78 is 44.5. The lowest BCUT2D eigenvalue weighted by Gasteiger charge is -2.12. The fraction of sp³-hybridized carbons (Fsp3) is 0.312. The van der Waals surface area contributed by atoms with Crippen LogP contribution in [0.5, 0.6) is 0 Å². The average molecular weight is 404 g/mol. The Labute approximate surface area is 155 Å². The van der Waals surface area contributed by atoms with E-state index in [0.29, 0.717) is 5.56 Å². The Kier molecular flexibility index (Phi) is 5.01. The van der Waals surface area contributed by atoms with E-state index in [4.69, 9.17) is 16.3 Å². The molecule has 144 valence electrons. The lowest BCUT2D eigenvalue weighted by Crippen LogP contribution is -2.20. The zero-order valence-corrected chi connectivity index (χ0v) is 14.3. The van der Waals surface area contributed by atoms with Gasteiger partial charge in [-0.2, -0.15) is 13.2 Å². The number of halogens is 4. The van der Waals surface area contributed by atoms with E-state index in [0.717, 1.165) is 4.57 Å². The molecular weight excluding hydrogens is 391 g/mol. The second-order valence-corrected chi connectivity index (χ2v) is 6.23. The van der Waals surface area contributed by atoms with Gasteiger partial charge in [0.05, 0.1) is 12.0 Å². The first-order valence-electron chi connectivity index (χ1n) is 7.74. The number of nitrogens with one attached hydrogen (secondary N) is 1. The molecule has 11 heteroatoms. The van der Waals surface area contributed by atoms with Crippen molar-refractivity contribution in [3.63, 3.8) is 0 Å². The van der Waals surface area contributed by atoms with Crippen molar-refractivity contribution in [2.75, 3.05) is 5.32 Å². The highest BCUT2D eigenvalue weighted by Crippen LogP contribution is 2.55. The third-order valence-corrected chi connectivity index (χ3v) is 4.28. The topological polar surface area (TPSA) is 93.5 Å². The number of carboxylic acid groups (broad SMARTS) is 1. The van der Waals surface area contributed by atoms with Crippen LogP contribution in [0.3, 0.4) is 0 Å². The Balaban J connectivity index is 1.79. The highest BCUT2D eigenvalue weighted by atomic mass is 35.5. The van der Waals surface area contributed by atoms with Gasteiger partial charge in [0.2, 0.25) is 5.28 Å². The van der Waals surface area contributed by atoms with Gasteiger partial charge in [-0.05, 0) is 23.6 Å². The number of anilines is 1. The molecule has 1 heterocycles. The number of hydrogen-bond donors (Lipinski definition) is 2. The number of hydrogen-bond acceptors (Lipinski definition) is 4. The summed E-state index contributed by atoms with van der Waals surface area (Å²) in [4.78, 5) is 26.9. The molecule has 7 nitrogen and oxygen atoms in total. The van der Waals surface area contributed by atoms with Crippen LogP contribution in [-0.2, 0) is 11.3 Å². The standard InChI is InChI=1S/C16H13ClF3N3O4/c17-14-21-11(13(24)25)12(23(14)10-6-9(10)16(18,19)20)22-15(26)27-7-8-4-2-1-3-5-8/h1-5,9-10H,6-7H2,(H,22,26)(H,24,25)/t9-,10-/m1/s1. The Hall–Kier alpha value is -2.75.